The van der Waals surface area contributed by atoms with E-state index in [-0.39, 0.29) is 0 Å². The lowest BCUT2D eigenvalue weighted by Crippen LogP contribution is -2.10. The summed E-state index contributed by atoms with van der Waals surface area (Å²) in [5, 5.41) is 0. The molecule has 0 aliphatic heterocycles. The predicted molar refractivity (Wildman–Crippen MR) is 49.2 cm³/mol. The molecule has 0 aliphatic carbocycles. The van der Waals surface area contributed by atoms with E-state index >= 15 is 0 Å². The van der Waals surface area contributed by atoms with Gasteiger partial charge in [0.1, 0.15) is 0 Å². The summed E-state index contributed by atoms with van der Waals surface area (Å²) in [5.41, 5.74) is 6.50. The first kappa shape index (κ1) is 12.6. The van der Waals surface area contributed by atoms with Gasteiger partial charge in [0, 0.05) is 11.1 Å². The number of rotatable bonds is 2. The fourth-order valence-corrected chi connectivity index (χ4v) is 0.154. The molecule has 0 aromatic heterocycles. The highest BCUT2D eigenvalue weighted by atomic mass is 35.5. The van der Waals surface area contributed by atoms with Crippen molar-refractivity contribution in [2.24, 2.45) is 5.73 Å². The first-order chi connectivity index (χ1) is 5.06. The minimum Gasteiger partial charge on any atom is -0.366 e. The highest BCUT2D eigenvalue weighted by Crippen LogP contribution is 1.78. The molecule has 0 bridgehead atoms. The Morgan fingerprint density at radius 3 is 2.00 bits per heavy atom. The molecule has 0 spiro atoms. The summed E-state index contributed by atoms with van der Waals surface area (Å²) in [6.45, 7) is 8.23. The van der Waals surface area contributed by atoms with E-state index in [0.717, 1.165) is 0 Å². The van der Waals surface area contributed by atoms with E-state index in [1.54, 1.807) is 19.1 Å². The third-order valence-corrected chi connectivity index (χ3v) is 0.775. The third-order valence-electron chi connectivity index (χ3n) is 0.629. The quantitative estimate of drug-likeness (QED) is 0.504. The molecule has 0 heterocycles. The van der Waals surface area contributed by atoms with Crippen molar-refractivity contribution >= 4 is 17.5 Å². The molecule has 0 aromatic carbocycles. The largest absolute Gasteiger partial charge is 0.366 e. The lowest BCUT2D eigenvalue weighted by Gasteiger charge is -1.81. The molecule has 3 heteroatoms. The van der Waals surface area contributed by atoms with Gasteiger partial charge in [-0.3, -0.25) is 4.79 Å². The number of halogens is 1. The Balaban J connectivity index is 0. The normalized spacial score (nSPS) is 8.18. The lowest BCUT2D eigenvalue weighted by molar-refractivity contribution is -0.114. The van der Waals surface area contributed by atoms with Gasteiger partial charge in [-0.15, -0.1) is 0 Å². The summed E-state index contributed by atoms with van der Waals surface area (Å²) in [7, 11) is 0. The smallest absolute Gasteiger partial charge is 0.243 e. The average molecular weight is 174 g/mol. The van der Waals surface area contributed by atoms with Crippen LogP contribution in [0.5, 0.6) is 0 Å². The number of carbonyl (C=O) groups is 1. The van der Waals surface area contributed by atoms with E-state index in [2.05, 4.69) is 13.2 Å². The molecule has 0 saturated carbocycles. The van der Waals surface area contributed by atoms with E-state index in [9.17, 15) is 4.79 Å². The highest BCUT2D eigenvalue weighted by molar-refractivity contribution is 6.25. The zero-order chi connectivity index (χ0) is 9.28. The van der Waals surface area contributed by atoms with Crippen molar-refractivity contribution in [2.45, 2.75) is 6.92 Å². The van der Waals surface area contributed by atoms with E-state index in [4.69, 9.17) is 17.3 Å². The lowest BCUT2D eigenvalue weighted by atomic mass is 10.3. The minimum atomic E-state index is -0.435. The molecule has 2 N–H and O–H groups in total. The number of allylic oxidation sites excluding steroid dienone is 2. The monoisotopic (exact) mass is 173 g/mol. The van der Waals surface area contributed by atoms with Gasteiger partial charge in [-0.25, -0.2) is 0 Å². The number of carbonyl (C=O) groups excluding carboxylic acids is 1. The van der Waals surface area contributed by atoms with Gasteiger partial charge in [0.2, 0.25) is 5.91 Å². The van der Waals surface area contributed by atoms with E-state index < -0.39 is 5.91 Å². The molecule has 0 fully saturated rings. The predicted octanol–water partition coefficient (Wildman–Crippen LogP) is 1.97. The van der Waals surface area contributed by atoms with Crippen LogP contribution in [0.3, 0.4) is 0 Å². The van der Waals surface area contributed by atoms with Crippen molar-refractivity contribution in [3.8, 4) is 0 Å². The zero-order valence-electron chi connectivity index (χ0n) is 6.51. The molecule has 11 heavy (non-hydrogen) atoms. The summed E-state index contributed by atoms with van der Waals surface area (Å²) < 4.78 is 0. The summed E-state index contributed by atoms with van der Waals surface area (Å²) in [4.78, 5) is 9.82. The summed E-state index contributed by atoms with van der Waals surface area (Å²) in [6, 6.07) is 0. The number of amides is 1. The molecule has 0 unspecified atom stereocenters. The standard InChI is InChI=1S/C4H5Cl.C4H7NO/c1-2-3-4-5;1-3(2)4(5)6/h2-4H,1H2;1H2,2H3,(H2,5,6)/b4-3+;. The molecule has 0 aromatic rings. The Morgan fingerprint density at radius 2 is 2.00 bits per heavy atom. The van der Waals surface area contributed by atoms with Gasteiger partial charge in [-0.1, -0.05) is 36.9 Å². The molecular weight excluding hydrogens is 162 g/mol. The van der Waals surface area contributed by atoms with Gasteiger partial charge >= 0.3 is 0 Å². The molecule has 0 rings (SSSR count). The van der Waals surface area contributed by atoms with Gasteiger partial charge in [0.25, 0.3) is 0 Å². The molecule has 0 radical (unpaired) electrons. The van der Waals surface area contributed by atoms with Crippen molar-refractivity contribution in [2.75, 3.05) is 0 Å². The molecular formula is C8H12ClNO. The van der Waals surface area contributed by atoms with Crippen molar-refractivity contribution in [3.63, 3.8) is 0 Å². The summed E-state index contributed by atoms with van der Waals surface area (Å²) >= 11 is 5.05. The molecule has 2 nitrogen and oxygen atoms in total. The highest BCUT2D eigenvalue weighted by Gasteiger charge is 1.86. The van der Waals surface area contributed by atoms with Crippen LogP contribution in [0.4, 0.5) is 0 Å². The third kappa shape index (κ3) is 17.6. The second-order valence-electron chi connectivity index (χ2n) is 1.70. The van der Waals surface area contributed by atoms with Crippen molar-refractivity contribution in [1.82, 2.24) is 0 Å². The first-order valence-corrected chi connectivity index (χ1v) is 3.33. The van der Waals surface area contributed by atoms with Crippen molar-refractivity contribution in [3.05, 3.63) is 36.4 Å². The number of hydrogen-bond acceptors (Lipinski definition) is 1. The summed E-state index contributed by atoms with van der Waals surface area (Å²) in [5.74, 6) is -0.435. The van der Waals surface area contributed by atoms with Crippen LogP contribution in [-0.2, 0) is 4.79 Å². The van der Waals surface area contributed by atoms with Gasteiger partial charge in [0.15, 0.2) is 0 Å². The Hall–Kier alpha value is -1.02. The number of nitrogens with two attached hydrogens (primary N) is 1. The fraction of sp³-hybridized carbons (Fsp3) is 0.125. The van der Waals surface area contributed by atoms with Crippen LogP contribution in [-0.4, -0.2) is 5.91 Å². The molecule has 0 saturated heterocycles. The zero-order valence-corrected chi connectivity index (χ0v) is 7.27. The molecule has 0 atom stereocenters. The molecule has 62 valence electrons. The van der Waals surface area contributed by atoms with Crippen LogP contribution in [0.15, 0.2) is 36.4 Å². The SMILES string of the molecule is C=C(C)C(N)=O.C=C/C=C/Cl. The van der Waals surface area contributed by atoms with Crippen LogP contribution in [0.1, 0.15) is 6.92 Å². The van der Waals surface area contributed by atoms with Crippen LogP contribution in [0.25, 0.3) is 0 Å². The maximum Gasteiger partial charge on any atom is 0.243 e. The number of primary amides is 1. The second kappa shape index (κ2) is 8.98. The second-order valence-corrected chi connectivity index (χ2v) is 1.95. The number of hydrogen-bond donors (Lipinski definition) is 1. The Kier molecular flexibility index (Phi) is 10.3. The van der Waals surface area contributed by atoms with Gasteiger partial charge < -0.3 is 5.73 Å². The van der Waals surface area contributed by atoms with Crippen LogP contribution in [0.2, 0.25) is 0 Å². The molecule has 0 aliphatic rings. The Labute approximate surface area is 72.0 Å². The van der Waals surface area contributed by atoms with Crippen molar-refractivity contribution < 1.29 is 4.79 Å². The summed E-state index contributed by atoms with van der Waals surface area (Å²) in [6.07, 6.45) is 3.27. The van der Waals surface area contributed by atoms with Crippen LogP contribution in [0, 0.1) is 0 Å². The van der Waals surface area contributed by atoms with E-state index in [0.29, 0.717) is 5.57 Å². The molecule has 1 amide bonds. The fourth-order valence-electron chi connectivity index (χ4n) is 0.0514. The van der Waals surface area contributed by atoms with Crippen LogP contribution < -0.4 is 5.73 Å². The maximum atomic E-state index is 9.82. The van der Waals surface area contributed by atoms with Gasteiger partial charge in [-0.2, -0.15) is 0 Å². The Morgan fingerprint density at radius 1 is 1.64 bits per heavy atom. The Bertz CT molecular complexity index is 161. The average Bonchev–Trinajstić information content (AvgIpc) is 1.90. The topological polar surface area (TPSA) is 43.1 Å². The van der Waals surface area contributed by atoms with Gasteiger partial charge in [-0.05, 0) is 6.92 Å². The first-order valence-electron chi connectivity index (χ1n) is 2.89. The van der Waals surface area contributed by atoms with E-state index in [1.165, 1.54) is 5.54 Å². The van der Waals surface area contributed by atoms with E-state index in [1.807, 2.05) is 0 Å². The maximum absolute atomic E-state index is 9.82. The minimum absolute atomic E-state index is 0.398. The van der Waals surface area contributed by atoms with Gasteiger partial charge in [0.05, 0.1) is 0 Å². The van der Waals surface area contributed by atoms with Crippen LogP contribution >= 0.6 is 11.6 Å². The van der Waals surface area contributed by atoms with Crippen molar-refractivity contribution in [1.29, 1.82) is 0 Å².